The van der Waals surface area contributed by atoms with Gasteiger partial charge >= 0.3 is 5.97 Å². The second-order valence-corrected chi connectivity index (χ2v) is 7.67. The number of halogens is 1. The number of nitrogens with zero attached hydrogens (tertiary/aromatic N) is 2. The number of rotatable bonds is 5. The Morgan fingerprint density at radius 2 is 2.24 bits per heavy atom. The van der Waals surface area contributed by atoms with Crippen LogP contribution in [0.25, 0.3) is 0 Å². The van der Waals surface area contributed by atoms with E-state index in [1.54, 1.807) is 6.07 Å². The van der Waals surface area contributed by atoms with Crippen molar-refractivity contribution < 1.29 is 13.9 Å². The molecule has 1 aliphatic rings. The highest BCUT2D eigenvalue weighted by Crippen LogP contribution is 2.32. The third kappa shape index (κ3) is 4.37. The second-order valence-electron chi connectivity index (χ2n) is 6.73. The smallest absolute Gasteiger partial charge is 0.312 e. The zero-order valence-electron chi connectivity index (χ0n) is 14.8. The van der Waals surface area contributed by atoms with Gasteiger partial charge in [0, 0.05) is 11.9 Å². The zero-order chi connectivity index (χ0) is 18.0. The Balaban J connectivity index is 1.72. The van der Waals surface area contributed by atoms with E-state index in [9.17, 15) is 9.18 Å². The van der Waals surface area contributed by atoms with E-state index >= 15 is 0 Å². The molecule has 0 radical (unpaired) electrons. The van der Waals surface area contributed by atoms with E-state index in [4.69, 9.17) is 4.74 Å². The first-order valence-electron chi connectivity index (χ1n) is 8.59. The molecule has 1 aromatic heterocycles. The van der Waals surface area contributed by atoms with E-state index in [-0.39, 0.29) is 24.3 Å². The number of benzene rings is 1. The Morgan fingerprint density at radius 3 is 3.00 bits per heavy atom. The average molecular weight is 362 g/mol. The number of esters is 1. The van der Waals surface area contributed by atoms with Crippen molar-refractivity contribution >= 4 is 23.0 Å². The summed E-state index contributed by atoms with van der Waals surface area (Å²) in [5, 5.41) is 2.68. The highest BCUT2D eigenvalue weighted by molar-refractivity contribution is 7.09. The molecular weight excluding hydrogens is 339 g/mol. The second kappa shape index (κ2) is 7.52. The molecule has 4 nitrogen and oxygen atoms in total. The first-order chi connectivity index (χ1) is 11.9. The van der Waals surface area contributed by atoms with Crippen LogP contribution in [0.5, 0.6) is 0 Å². The minimum atomic E-state index is -0.263. The third-order valence-electron chi connectivity index (χ3n) is 4.09. The van der Waals surface area contributed by atoms with Crippen molar-refractivity contribution in [1.29, 1.82) is 0 Å². The molecule has 2 heterocycles. The van der Waals surface area contributed by atoms with Crippen LogP contribution >= 0.6 is 11.3 Å². The largest absolute Gasteiger partial charge is 0.463 e. The van der Waals surface area contributed by atoms with Gasteiger partial charge in [0.25, 0.3) is 0 Å². The molecule has 3 rings (SSSR count). The van der Waals surface area contributed by atoms with Crippen molar-refractivity contribution in [3.05, 3.63) is 45.2 Å². The number of ether oxygens (including phenoxy) is 1. The molecule has 0 aliphatic carbocycles. The predicted octanol–water partition coefficient (Wildman–Crippen LogP) is 4.04. The number of hydrogen-bond donors (Lipinski definition) is 0. The SMILES string of the molecule is Cc1cc(F)c2c(c1)CCCN2Cc1csc(CC(=O)OC(C)C)n1. The highest BCUT2D eigenvalue weighted by Gasteiger charge is 2.22. The summed E-state index contributed by atoms with van der Waals surface area (Å²) in [5.41, 5.74) is 3.59. The first kappa shape index (κ1) is 17.9. The number of carbonyl (C=O) groups excluding carboxylic acids is 1. The minimum Gasteiger partial charge on any atom is -0.463 e. The standard InChI is InChI=1S/C19H23FN2O2S/c1-12(2)24-18(23)9-17-21-15(11-25-17)10-22-6-4-5-14-7-13(3)8-16(20)19(14)22/h7-8,11-12H,4-6,9-10H2,1-3H3. The van der Waals surface area contributed by atoms with E-state index in [1.807, 2.05) is 26.2 Å². The summed E-state index contributed by atoms with van der Waals surface area (Å²) in [6.45, 7) is 6.95. The third-order valence-corrected chi connectivity index (χ3v) is 4.99. The van der Waals surface area contributed by atoms with Gasteiger partial charge in [-0.2, -0.15) is 0 Å². The Bertz CT molecular complexity index is 773. The van der Waals surface area contributed by atoms with Crippen molar-refractivity contribution in [2.24, 2.45) is 0 Å². The summed E-state index contributed by atoms with van der Waals surface area (Å²) in [4.78, 5) is 18.3. The summed E-state index contributed by atoms with van der Waals surface area (Å²) in [5.74, 6) is -0.425. The molecule has 0 spiro atoms. The number of hydrogen-bond acceptors (Lipinski definition) is 5. The van der Waals surface area contributed by atoms with Crippen LogP contribution in [0, 0.1) is 12.7 Å². The summed E-state index contributed by atoms with van der Waals surface area (Å²) < 4.78 is 19.6. The van der Waals surface area contributed by atoms with Crippen LogP contribution < -0.4 is 4.90 Å². The molecule has 0 unspecified atom stereocenters. The monoisotopic (exact) mass is 362 g/mol. The van der Waals surface area contributed by atoms with Crippen LogP contribution in [0.2, 0.25) is 0 Å². The molecular formula is C19H23FN2O2S. The normalized spacial score (nSPS) is 13.9. The fraction of sp³-hybridized carbons (Fsp3) is 0.474. The lowest BCUT2D eigenvalue weighted by molar-refractivity contribution is -0.146. The van der Waals surface area contributed by atoms with Gasteiger partial charge in [0.1, 0.15) is 10.8 Å². The average Bonchev–Trinajstić information content (AvgIpc) is 2.92. The number of anilines is 1. The maximum Gasteiger partial charge on any atom is 0.312 e. The van der Waals surface area contributed by atoms with E-state index in [0.717, 1.165) is 41.2 Å². The van der Waals surface area contributed by atoms with Crippen LogP contribution in [0.15, 0.2) is 17.5 Å². The van der Waals surface area contributed by atoms with Crippen molar-refractivity contribution in [3.63, 3.8) is 0 Å². The maximum atomic E-state index is 14.5. The van der Waals surface area contributed by atoms with Crippen LogP contribution in [-0.4, -0.2) is 23.6 Å². The van der Waals surface area contributed by atoms with Gasteiger partial charge in [-0.05, 0) is 50.8 Å². The molecule has 0 amide bonds. The van der Waals surface area contributed by atoms with Crippen LogP contribution in [0.4, 0.5) is 10.1 Å². The summed E-state index contributed by atoms with van der Waals surface area (Å²) in [6.07, 6.45) is 1.98. The Morgan fingerprint density at radius 1 is 1.44 bits per heavy atom. The molecule has 2 aromatic rings. The van der Waals surface area contributed by atoms with Gasteiger partial charge in [0.05, 0.1) is 30.5 Å². The van der Waals surface area contributed by atoms with Gasteiger partial charge in [-0.3, -0.25) is 4.79 Å². The quantitative estimate of drug-likeness (QED) is 0.753. The molecule has 0 N–H and O–H groups in total. The fourth-order valence-corrected chi connectivity index (χ4v) is 3.98. The lowest BCUT2D eigenvalue weighted by Gasteiger charge is -2.31. The van der Waals surface area contributed by atoms with Crippen LogP contribution in [-0.2, 0) is 28.9 Å². The molecule has 6 heteroatoms. The molecule has 0 fully saturated rings. The van der Waals surface area contributed by atoms with Gasteiger partial charge in [-0.15, -0.1) is 11.3 Å². The topological polar surface area (TPSA) is 42.4 Å². The number of thiazole rings is 1. The predicted molar refractivity (Wildman–Crippen MR) is 97.6 cm³/mol. The first-order valence-corrected chi connectivity index (χ1v) is 9.47. The van der Waals surface area contributed by atoms with Crippen LogP contribution in [0.1, 0.15) is 42.1 Å². The van der Waals surface area contributed by atoms with Gasteiger partial charge in [-0.1, -0.05) is 6.07 Å². The fourth-order valence-electron chi connectivity index (χ4n) is 3.21. The van der Waals surface area contributed by atoms with Crippen molar-refractivity contribution in [1.82, 2.24) is 4.98 Å². The van der Waals surface area contributed by atoms with Crippen LogP contribution in [0.3, 0.4) is 0 Å². The molecule has 0 saturated carbocycles. The Labute approximate surface area is 151 Å². The number of carbonyl (C=O) groups is 1. The Kier molecular flexibility index (Phi) is 5.37. The van der Waals surface area contributed by atoms with Gasteiger partial charge < -0.3 is 9.64 Å². The minimum absolute atomic E-state index is 0.122. The molecule has 25 heavy (non-hydrogen) atoms. The molecule has 0 bridgehead atoms. The van der Waals surface area contributed by atoms with Gasteiger partial charge in [-0.25, -0.2) is 9.37 Å². The molecule has 0 atom stereocenters. The zero-order valence-corrected chi connectivity index (χ0v) is 15.7. The number of fused-ring (bicyclic) bond motifs is 1. The summed E-state index contributed by atoms with van der Waals surface area (Å²) >= 11 is 1.45. The van der Waals surface area contributed by atoms with Gasteiger partial charge in [0.2, 0.25) is 0 Å². The molecule has 1 aromatic carbocycles. The molecule has 0 saturated heterocycles. The molecule has 134 valence electrons. The highest BCUT2D eigenvalue weighted by atomic mass is 32.1. The summed E-state index contributed by atoms with van der Waals surface area (Å²) in [7, 11) is 0. The van der Waals surface area contributed by atoms with Crippen molar-refractivity contribution in [2.75, 3.05) is 11.4 Å². The number of aromatic nitrogens is 1. The number of aryl methyl sites for hydroxylation is 2. The van der Waals surface area contributed by atoms with E-state index < -0.39 is 0 Å². The summed E-state index contributed by atoms with van der Waals surface area (Å²) in [6, 6.07) is 3.66. The lowest BCUT2D eigenvalue weighted by atomic mass is 9.99. The molecule has 1 aliphatic heterocycles. The van der Waals surface area contributed by atoms with Gasteiger partial charge in [0.15, 0.2) is 0 Å². The van der Waals surface area contributed by atoms with E-state index in [2.05, 4.69) is 16.0 Å². The maximum absolute atomic E-state index is 14.5. The lowest BCUT2D eigenvalue weighted by Crippen LogP contribution is -2.30. The Hall–Kier alpha value is -1.95. The van der Waals surface area contributed by atoms with Crippen molar-refractivity contribution in [3.8, 4) is 0 Å². The van der Waals surface area contributed by atoms with Crippen molar-refractivity contribution in [2.45, 2.75) is 52.7 Å². The van der Waals surface area contributed by atoms with E-state index in [0.29, 0.717) is 12.2 Å². The van der Waals surface area contributed by atoms with E-state index in [1.165, 1.54) is 11.3 Å².